The van der Waals surface area contributed by atoms with Gasteiger partial charge in [-0.15, -0.1) is 0 Å². The van der Waals surface area contributed by atoms with Gasteiger partial charge < -0.3 is 15.3 Å². The smallest absolute Gasteiger partial charge is 0.226 e. The molecule has 0 unspecified atom stereocenters. The highest BCUT2D eigenvalue weighted by molar-refractivity contribution is 5.70. The summed E-state index contributed by atoms with van der Waals surface area (Å²) in [6, 6.07) is 14.7. The lowest BCUT2D eigenvalue weighted by Gasteiger charge is -2.01. The number of aromatic nitrogens is 1. The number of hydrogen-bond acceptors (Lipinski definition) is 4. The number of phenols is 1. The van der Waals surface area contributed by atoms with E-state index in [9.17, 15) is 5.11 Å². The van der Waals surface area contributed by atoms with E-state index in [2.05, 4.69) is 4.98 Å². The van der Waals surface area contributed by atoms with Gasteiger partial charge in [-0.1, -0.05) is 18.2 Å². The van der Waals surface area contributed by atoms with Crippen LogP contribution < -0.4 is 5.73 Å². The number of oxazole rings is 1. The van der Waals surface area contributed by atoms with Crippen LogP contribution in [0, 0.1) is 6.92 Å². The molecule has 100 valence electrons. The quantitative estimate of drug-likeness (QED) is 0.549. The molecule has 0 aliphatic heterocycles. The molecule has 3 N–H and O–H groups in total. The normalized spacial score (nSPS) is 10.7. The van der Waals surface area contributed by atoms with E-state index in [0.29, 0.717) is 17.3 Å². The summed E-state index contributed by atoms with van der Waals surface area (Å²) in [7, 11) is 0. The zero-order valence-corrected chi connectivity index (χ0v) is 11.0. The maximum atomic E-state index is 9.47. The molecule has 1 heterocycles. The van der Waals surface area contributed by atoms with Crippen molar-refractivity contribution in [1.29, 1.82) is 0 Å². The first-order chi connectivity index (χ1) is 9.65. The summed E-state index contributed by atoms with van der Waals surface area (Å²) in [6.45, 7) is 1.86. The molecule has 0 aliphatic carbocycles. The van der Waals surface area contributed by atoms with Crippen LogP contribution in [0.5, 0.6) is 5.75 Å². The number of nitrogen functional groups attached to an aromatic ring is 1. The highest BCUT2D eigenvalue weighted by Crippen LogP contribution is 2.31. The van der Waals surface area contributed by atoms with Gasteiger partial charge in [0.25, 0.3) is 0 Å². The van der Waals surface area contributed by atoms with Crippen molar-refractivity contribution in [3.8, 4) is 28.5 Å². The van der Waals surface area contributed by atoms with Crippen molar-refractivity contribution in [3.63, 3.8) is 0 Å². The summed E-state index contributed by atoms with van der Waals surface area (Å²) in [6.07, 6.45) is 0. The van der Waals surface area contributed by atoms with E-state index in [1.807, 2.05) is 37.3 Å². The van der Waals surface area contributed by atoms with Crippen molar-refractivity contribution >= 4 is 5.69 Å². The molecule has 0 spiro atoms. The Hall–Kier alpha value is -2.75. The molecule has 0 bridgehead atoms. The second-order valence-electron chi connectivity index (χ2n) is 4.56. The van der Waals surface area contributed by atoms with E-state index in [0.717, 1.165) is 16.8 Å². The predicted octanol–water partition coefficient (Wildman–Crippen LogP) is 3.60. The number of phenolic OH excluding ortho intramolecular Hbond substituents is 1. The molecule has 3 rings (SSSR count). The number of aromatic hydroxyl groups is 1. The first-order valence-corrected chi connectivity index (χ1v) is 6.27. The van der Waals surface area contributed by atoms with E-state index < -0.39 is 0 Å². The standard InChI is InChI=1S/C16H14N2O2/c1-10-15(12-7-8-14(19)13(17)9-12)18-16(20-10)11-5-3-2-4-6-11/h2-9,19H,17H2,1H3. The maximum absolute atomic E-state index is 9.47. The van der Waals surface area contributed by atoms with Gasteiger partial charge in [-0.05, 0) is 37.3 Å². The van der Waals surface area contributed by atoms with Crippen LogP contribution in [-0.4, -0.2) is 10.1 Å². The van der Waals surface area contributed by atoms with Crippen LogP contribution in [0.15, 0.2) is 52.9 Å². The molecule has 0 amide bonds. The molecule has 0 saturated heterocycles. The first kappa shape index (κ1) is 12.3. The molecule has 0 fully saturated rings. The van der Waals surface area contributed by atoms with Crippen LogP contribution in [0.1, 0.15) is 5.76 Å². The van der Waals surface area contributed by atoms with E-state index >= 15 is 0 Å². The number of anilines is 1. The van der Waals surface area contributed by atoms with Gasteiger partial charge in [-0.2, -0.15) is 0 Å². The zero-order valence-electron chi connectivity index (χ0n) is 11.0. The molecule has 4 heteroatoms. The Bertz CT molecular complexity index is 748. The first-order valence-electron chi connectivity index (χ1n) is 6.27. The molecule has 3 aromatic rings. The Morgan fingerprint density at radius 3 is 2.50 bits per heavy atom. The minimum absolute atomic E-state index is 0.0678. The monoisotopic (exact) mass is 266 g/mol. The molecule has 0 radical (unpaired) electrons. The van der Waals surface area contributed by atoms with Crippen LogP contribution in [-0.2, 0) is 0 Å². The van der Waals surface area contributed by atoms with Crippen LogP contribution >= 0.6 is 0 Å². The van der Waals surface area contributed by atoms with Crippen molar-refractivity contribution in [2.45, 2.75) is 6.92 Å². The van der Waals surface area contributed by atoms with Crippen molar-refractivity contribution in [2.24, 2.45) is 0 Å². The van der Waals surface area contributed by atoms with Gasteiger partial charge in [-0.3, -0.25) is 0 Å². The second kappa shape index (κ2) is 4.74. The second-order valence-corrected chi connectivity index (χ2v) is 4.56. The van der Waals surface area contributed by atoms with Crippen molar-refractivity contribution in [2.75, 3.05) is 5.73 Å². The molecule has 0 saturated carbocycles. The van der Waals surface area contributed by atoms with Crippen LogP contribution in [0.2, 0.25) is 0 Å². The summed E-state index contributed by atoms with van der Waals surface area (Å²) in [5.41, 5.74) is 8.52. The van der Waals surface area contributed by atoms with Gasteiger partial charge in [0.1, 0.15) is 17.2 Å². The van der Waals surface area contributed by atoms with Gasteiger partial charge in [-0.25, -0.2) is 4.98 Å². The molecular formula is C16H14N2O2. The number of benzene rings is 2. The van der Waals surface area contributed by atoms with Gasteiger partial charge in [0, 0.05) is 11.1 Å². The zero-order chi connectivity index (χ0) is 14.1. The van der Waals surface area contributed by atoms with Crippen molar-refractivity contribution in [1.82, 2.24) is 4.98 Å². The SMILES string of the molecule is Cc1oc(-c2ccccc2)nc1-c1ccc(O)c(N)c1. The third kappa shape index (κ3) is 2.12. The van der Waals surface area contributed by atoms with E-state index in [4.69, 9.17) is 10.2 Å². The summed E-state index contributed by atoms with van der Waals surface area (Å²) >= 11 is 0. The molecule has 4 nitrogen and oxygen atoms in total. The lowest BCUT2D eigenvalue weighted by atomic mass is 10.1. The van der Waals surface area contributed by atoms with Crippen molar-refractivity contribution in [3.05, 3.63) is 54.3 Å². The summed E-state index contributed by atoms with van der Waals surface area (Å²) in [5, 5.41) is 9.47. The Balaban J connectivity index is 2.07. The summed E-state index contributed by atoms with van der Waals surface area (Å²) < 4.78 is 5.71. The fourth-order valence-electron chi connectivity index (χ4n) is 2.07. The van der Waals surface area contributed by atoms with E-state index in [-0.39, 0.29) is 5.75 Å². The third-order valence-electron chi connectivity index (χ3n) is 3.12. The fourth-order valence-corrected chi connectivity index (χ4v) is 2.07. The average Bonchev–Trinajstić information content (AvgIpc) is 2.85. The Morgan fingerprint density at radius 1 is 1.05 bits per heavy atom. The Labute approximate surface area is 116 Å². The number of aryl methyl sites for hydroxylation is 1. The van der Waals surface area contributed by atoms with Crippen LogP contribution in [0.4, 0.5) is 5.69 Å². The van der Waals surface area contributed by atoms with Gasteiger partial charge >= 0.3 is 0 Å². The third-order valence-corrected chi connectivity index (χ3v) is 3.12. The molecule has 20 heavy (non-hydrogen) atoms. The molecule has 0 atom stereocenters. The predicted molar refractivity (Wildman–Crippen MR) is 78.2 cm³/mol. The Morgan fingerprint density at radius 2 is 1.80 bits per heavy atom. The molecular weight excluding hydrogens is 252 g/mol. The fraction of sp³-hybridized carbons (Fsp3) is 0.0625. The van der Waals surface area contributed by atoms with Gasteiger partial charge in [0.2, 0.25) is 5.89 Å². The van der Waals surface area contributed by atoms with Gasteiger partial charge in [0.15, 0.2) is 0 Å². The number of rotatable bonds is 2. The number of nitrogens with zero attached hydrogens (tertiary/aromatic N) is 1. The molecule has 0 aliphatic rings. The lowest BCUT2D eigenvalue weighted by Crippen LogP contribution is -1.88. The van der Waals surface area contributed by atoms with Crippen LogP contribution in [0.3, 0.4) is 0 Å². The van der Waals surface area contributed by atoms with Crippen LogP contribution in [0.25, 0.3) is 22.7 Å². The molecule has 2 aromatic carbocycles. The van der Waals surface area contributed by atoms with Gasteiger partial charge in [0.05, 0.1) is 5.69 Å². The highest BCUT2D eigenvalue weighted by atomic mass is 16.4. The maximum Gasteiger partial charge on any atom is 0.226 e. The number of hydrogen-bond donors (Lipinski definition) is 2. The largest absolute Gasteiger partial charge is 0.506 e. The summed E-state index contributed by atoms with van der Waals surface area (Å²) in [4.78, 5) is 4.52. The minimum atomic E-state index is 0.0678. The minimum Gasteiger partial charge on any atom is -0.506 e. The van der Waals surface area contributed by atoms with Crippen molar-refractivity contribution < 1.29 is 9.52 Å². The average molecular weight is 266 g/mol. The topological polar surface area (TPSA) is 72.3 Å². The van der Waals surface area contributed by atoms with E-state index in [1.54, 1.807) is 18.2 Å². The lowest BCUT2D eigenvalue weighted by molar-refractivity contribution is 0.478. The highest BCUT2D eigenvalue weighted by Gasteiger charge is 2.13. The van der Waals surface area contributed by atoms with E-state index in [1.165, 1.54) is 0 Å². The molecule has 1 aromatic heterocycles. The number of nitrogens with two attached hydrogens (primary N) is 1. The summed E-state index contributed by atoms with van der Waals surface area (Å²) in [5.74, 6) is 1.36. The Kier molecular flexibility index (Phi) is 2.91.